The number of halogens is 4. The minimum atomic E-state index is -3.32. The van der Waals surface area contributed by atoms with Gasteiger partial charge in [0, 0.05) is 60.3 Å². The van der Waals surface area contributed by atoms with Crippen molar-refractivity contribution in [2.45, 2.75) is 11.8 Å². The fraction of sp³-hybridized carbons (Fsp3) is 0.647. The highest BCUT2D eigenvalue weighted by molar-refractivity contribution is 7.99. The Morgan fingerprint density at radius 3 is 1.85 bits per heavy atom. The lowest BCUT2D eigenvalue weighted by Crippen LogP contribution is -2.37. The summed E-state index contributed by atoms with van der Waals surface area (Å²) in [6, 6.07) is 8.16. The van der Waals surface area contributed by atoms with Crippen LogP contribution in [-0.2, 0) is 9.09 Å². The van der Waals surface area contributed by atoms with Crippen molar-refractivity contribution < 1.29 is 9.09 Å². The van der Waals surface area contributed by atoms with Crippen molar-refractivity contribution in [3.63, 3.8) is 0 Å². The van der Waals surface area contributed by atoms with Gasteiger partial charge in [-0.15, -0.1) is 58.2 Å². The molecular formula is C17H27Cl4N2O2PS. The highest BCUT2D eigenvalue weighted by atomic mass is 35.5. The molecule has 156 valence electrons. The molecule has 4 nitrogen and oxygen atoms in total. The molecule has 0 heterocycles. The SMILES string of the molecule is Cc1ccccc1SCCOP(=O)(N(CCCl)CCCl)N(CCCl)CCCl. The molecule has 0 saturated heterocycles. The summed E-state index contributed by atoms with van der Waals surface area (Å²) in [4.78, 5) is 1.19. The molecule has 0 spiro atoms. The van der Waals surface area contributed by atoms with Gasteiger partial charge in [-0.05, 0) is 18.6 Å². The molecule has 27 heavy (non-hydrogen) atoms. The highest BCUT2D eigenvalue weighted by Crippen LogP contribution is 2.54. The van der Waals surface area contributed by atoms with E-state index in [4.69, 9.17) is 50.9 Å². The van der Waals surface area contributed by atoms with Gasteiger partial charge in [-0.2, -0.15) is 0 Å². The van der Waals surface area contributed by atoms with Gasteiger partial charge in [0.05, 0.1) is 6.61 Å². The van der Waals surface area contributed by atoms with Gasteiger partial charge >= 0.3 is 7.67 Å². The summed E-state index contributed by atoms with van der Waals surface area (Å²) in [6.07, 6.45) is 0. The van der Waals surface area contributed by atoms with Crippen molar-refractivity contribution in [2.75, 3.05) is 62.1 Å². The topological polar surface area (TPSA) is 32.8 Å². The third kappa shape index (κ3) is 8.62. The second kappa shape index (κ2) is 14.8. The van der Waals surface area contributed by atoms with Crippen LogP contribution in [0.15, 0.2) is 29.2 Å². The number of nitrogens with zero attached hydrogens (tertiary/aromatic N) is 2. The monoisotopic (exact) mass is 494 g/mol. The Morgan fingerprint density at radius 2 is 1.41 bits per heavy atom. The summed E-state index contributed by atoms with van der Waals surface area (Å²) >= 11 is 25.4. The van der Waals surface area contributed by atoms with Gasteiger partial charge in [-0.25, -0.2) is 9.34 Å². The number of aryl methyl sites for hydroxylation is 1. The summed E-state index contributed by atoms with van der Waals surface area (Å²) in [7, 11) is -3.32. The van der Waals surface area contributed by atoms with Gasteiger partial charge < -0.3 is 4.52 Å². The van der Waals surface area contributed by atoms with Crippen LogP contribution in [-0.4, -0.2) is 71.4 Å². The molecule has 0 unspecified atom stereocenters. The van der Waals surface area contributed by atoms with E-state index in [-0.39, 0.29) is 0 Å². The van der Waals surface area contributed by atoms with E-state index in [0.29, 0.717) is 62.1 Å². The lowest BCUT2D eigenvalue weighted by atomic mass is 10.2. The summed E-state index contributed by atoms with van der Waals surface area (Å²) < 4.78 is 23.3. The van der Waals surface area contributed by atoms with Gasteiger partial charge in [0.2, 0.25) is 0 Å². The molecule has 0 aliphatic carbocycles. The lowest BCUT2D eigenvalue weighted by Gasteiger charge is -2.37. The summed E-state index contributed by atoms with van der Waals surface area (Å²) in [5.74, 6) is 2.01. The number of hydrogen-bond donors (Lipinski definition) is 0. The molecule has 0 atom stereocenters. The Hall–Kier alpha value is 0.840. The van der Waals surface area contributed by atoms with Gasteiger partial charge in [0.15, 0.2) is 0 Å². The van der Waals surface area contributed by atoms with Crippen LogP contribution in [0.3, 0.4) is 0 Å². The Bertz CT molecular complexity index is 554. The van der Waals surface area contributed by atoms with E-state index in [1.807, 2.05) is 12.1 Å². The Kier molecular flexibility index (Phi) is 14.1. The second-order valence-electron chi connectivity index (χ2n) is 5.60. The van der Waals surface area contributed by atoms with E-state index in [9.17, 15) is 4.57 Å². The van der Waals surface area contributed by atoms with E-state index >= 15 is 0 Å². The number of thioether (sulfide) groups is 1. The minimum absolute atomic E-state index is 0.331. The van der Waals surface area contributed by atoms with E-state index in [0.717, 1.165) is 0 Å². The van der Waals surface area contributed by atoms with Crippen LogP contribution in [0.5, 0.6) is 0 Å². The highest BCUT2D eigenvalue weighted by Gasteiger charge is 2.37. The summed E-state index contributed by atoms with van der Waals surface area (Å²) in [5.41, 5.74) is 1.21. The Labute approximate surface area is 187 Å². The zero-order chi connectivity index (χ0) is 20.1. The maximum Gasteiger partial charge on any atom is 0.346 e. The first-order valence-corrected chi connectivity index (χ1v) is 13.4. The molecule has 0 amide bonds. The third-order valence-corrected chi connectivity index (χ3v) is 8.34. The van der Waals surface area contributed by atoms with Crippen LogP contribution < -0.4 is 0 Å². The normalized spacial score (nSPS) is 12.3. The largest absolute Gasteiger partial charge is 0.346 e. The molecule has 1 aromatic carbocycles. The molecule has 0 aliphatic rings. The molecule has 0 saturated carbocycles. The molecular weight excluding hydrogens is 469 g/mol. The first-order chi connectivity index (χ1) is 13.0. The lowest BCUT2D eigenvalue weighted by molar-refractivity contribution is 0.226. The molecule has 10 heteroatoms. The molecule has 0 aliphatic heterocycles. The molecule has 0 radical (unpaired) electrons. The van der Waals surface area contributed by atoms with E-state index in [2.05, 4.69) is 19.1 Å². The number of alkyl halides is 4. The van der Waals surface area contributed by atoms with Crippen LogP contribution in [0.4, 0.5) is 0 Å². The second-order valence-corrected chi connectivity index (χ2v) is 10.6. The molecule has 0 fully saturated rings. The number of rotatable bonds is 15. The number of benzene rings is 1. The van der Waals surface area contributed by atoms with Crippen molar-refractivity contribution in [2.24, 2.45) is 0 Å². The Morgan fingerprint density at radius 1 is 0.926 bits per heavy atom. The van der Waals surface area contributed by atoms with Crippen molar-refractivity contribution in [1.82, 2.24) is 9.34 Å². The smallest absolute Gasteiger partial charge is 0.305 e. The van der Waals surface area contributed by atoms with Crippen LogP contribution in [0, 0.1) is 6.92 Å². The molecule has 0 aromatic heterocycles. The molecule has 0 N–H and O–H groups in total. The zero-order valence-electron chi connectivity index (χ0n) is 15.5. The standard InChI is InChI=1S/C17H27Cl4N2O2PS/c1-16-4-2-3-5-17(16)27-15-14-25-26(24,22(10-6-18)11-7-19)23(12-8-20)13-9-21/h2-5H,6-15H2,1H3. The fourth-order valence-electron chi connectivity index (χ4n) is 2.49. The van der Waals surface area contributed by atoms with Crippen molar-refractivity contribution >= 4 is 65.8 Å². The maximum atomic E-state index is 13.8. The average Bonchev–Trinajstić information content (AvgIpc) is 2.66. The molecule has 1 aromatic rings. The van der Waals surface area contributed by atoms with E-state index in [1.165, 1.54) is 10.5 Å². The van der Waals surface area contributed by atoms with Crippen LogP contribution >= 0.6 is 65.8 Å². The third-order valence-electron chi connectivity index (χ3n) is 3.78. The first-order valence-electron chi connectivity index (χ1n) is 8.71. The predicted molar refractivity (Wildman–Crippen MR) is 121 cm³/mol. The predicted octanol–water partition coefficient (Wildman–Crippen LogP) is 5.77. The van der Waals surface area contributed by atoms with Crippen molar-refractivity contribution in [1.29, 1.82) is 0 Å². The van der Waals surface area contributed by atoms with Crippen LogP contribution in [0.1, 0.15) is 5.56 Å². The maximum absolute atomic E-state index is 13.8. The first kappa shape index (κ1) is 25.9. The zero-order valence-corrected chi connectivity index (χ0v) is 20.2. The van der Waals surface area contributed by atoms with Crippen LogP contribution in [0.2, 0.25) is 0 Å². The van der Waals surface area contributed by atoms with Gasteiger partial charge in [0.1, 0.15) is 0 Å². The van der Waals surface area contributed by atoms with E-state index in [1.54, 1.807) is 21.1 Å². The van der Waals surface area contributed by atoms with Gasteiger partial charge in [-0.1, -0.05) is 18.2 Å². The minimum Gasteiger partial charge on any atom is -0.305 e. The summed E-state index contributed by atoms with van der Waals surface area (Å²) in [6.45, 7) is 4.06. The van der Waals surface area contributed by atoms with Gasteiger partial charge in [0.25, 0.3) is 0 Å². The summed E-state index contributed by atoms with van der Waals surface area (Å²) in [5, 5.41) is 0. The van der Waals surface area contributed by atoms with Crippen LogP contribution in [0.25, 0.3) is 0 Å². The molecule has 0 bridgehead atoms. The van der Waals surface area contributed by atoms with Gasteiger partial charge in [-0.3, -0.25) is 4.57 Å². The Balaban J connectivity index is 2.85. The fourth-order valence-corrected chi connectivity index (χ4v) is 7.18. The van der Waals surface area contributed by atoms with Crippen molar-refractivity contribution in [3.05, 3.63) is 29.8 Å². The van der Waals surface area contributed by atoms with E-state index < -0.39 is 7.67 Å². The number of hydrogen-bond acceptors (Lipinski definition) is 3. The average molecular weight is 496 g/mol. The molecule has 1 rings (SSSR count). The van der Waals surface area contributed by atoms with Crippen molar-refractivity contribution in [3.8, 4) is 0 Å². The quantitative estimate of drug-likeness (QED) is 0.133.